The van der Waals surface area contributed by atoms with Gasteiger partial charge in [0.05, 0.1) is 18.3 Å². The molecule has 0 bridgehead atoms. The molecule has 0 aromatic carbocycles. The smallest absolute Gasteiger partial charge is 0.306 e. The molecule has 0 heterocycles. The van der Waals surface area contributed by atoms with Crippen molar-refractivity contribution < 1.29 is 13.6 Å². The Labute approximate surface area is 131 Å². The van der Waals surface area contributed by atoms with Gasteiger partial charge in [-0.15, -0.1) is 0 Å². The van der Waals surface area contributed by atoms with Crippen LogP contribution in [0.25, 0.3) is 0 Å². The fraction of sp³-hybridized carbons (Fsp3) is 1.00. The van der Waals surface area contributed by atoms with Crippen LogP contribution in [0.15, 0.2) is 0 Å². The summed E-state index contributed by atoms with van der Waals surface area (Å²) in [7, 11) is 0. The van der Waals surface area contributed by atoms with E-state index in [4.69, 9.17) is 25.4 Å². The van der Waals surface area contributed by atoms with Crippen LogP contribution in [0.1, 0.15) is 80.1 Å². The van der Waals surface area contributed by atoms with Crippen LogP contribution in [0.5, 0.6) is 0 Å². The quantitative estimate of drug-likeness (QED) is 0.422. The molecule has 0 aliphatic carbocycles. The van der Waals surface area contributed by atoms with Crippen LogP contribution in [0.4, 0.5) is 0 Å². The normalized spacial score (nSPS) is 19.3. The Morgan fingerprint density at radius 1 is 0.700 bits per heavy atom. The number of hydrogen-bond donors (Lipinski definition) is 0. The van der Waals surface area contributed by atoms with E-state index in [2.05, 4.69) is 20.8 Å². The lowest BCUT2D eigenvalue weighted by molar-refractivity contribution is 0.0692. The Morgan fingerprint density at radius 2 is 0.950 bits per heavy atom. The zero-order valence-electron chi connectivity index (χ0n) is 14.1. The highest BCUT2D eigenvalue weighted by atomic mass is 32.5. The van der Waals surface area contributed by atoms with Gasteiger partial charge in [0.25, 0.3) is 0 Å². The van der Waals surface area contributed by atoms with E-state index in [1.165, 1.54) is 0 Å². The average Bonchev–Trinajstić information content (AvgIpc) is 2.28. The van der Waals surface area contributed by atoms with Crippen LogP contribution < -0.4 is 0 Å². The molecule has 3 atom stereocenters. The van der Waals surface area contributed by atoms with Crippen LogP contribution in [-0.4, -0.2) is 18.3 Å². The Hall–Kier alpha value is 0.530. The molecule has 0 spiro atoms. The molecule has 0 fully saturated rings. The summed E-state index contributed by atoms with van der Waals surface area (Å²) < 4.78 is 18.0. The van der Waals surface area contributed by atoms with E-state index in [1.807, 2.05) is 20.8 Å². The highest BCUT2D eigenvalue weighted by Crippen LogP contribution is 2.54. The first-order chi connectivity index (χ1) is 9.36. The standard InChI is InChI=1S/C15H33O3PS/c1-7-10-13(4)16-19(20,17-14(5)11-8-2)18-15(6)12-9-3/h13-15H,7-12H2,1-6H3. The van der Waals surface area contributed by atoms with Crippen LogP contribution in [0.3, 0.4) is 0 Å². The van der Waals surface area contributed by atoms with E-state index in [9.17, 15) is 0 Å². The highest BCUT2D eigenvalue weighted by Gasteiger charge is 2.28. The molecule has 0 aromatic heterocycles. The molecule has 20 heavy (non-hydrogen) atoms. The molecular weight excluding hydrogens is 291 g/mol. The first kappa shape index (κ1) is 20.5. The van der Waals surface area contributed by atoms with Gasteiger partial charge in [-0.2, -0.15) is 0 Å². The monoisotopic (exact) mass is 324 g/mol. The molecule has 0 saturated heterocycles. The molecule has 0 N–H and O–H groups in total. The summed E-state index contributed by atoms with van der Waals surface area (Å²) in [5.74, 6) is 0. The van der Waals surface area contributed by atoms with Crippen molar-refractivity contribution in [2.75, 3.05) is 0 Å². The molecule has 3 unspecified atom stereocenters. The third kappa shape index (κ3) is 9.46. The summed E-state index contributed by atoms with van der Waals surface area (Å²) in [6.45, 7) is 9.93. The van der Waals surface area contributed by atoms with Crippen molar-refractivity contribution in [3.63, 3.8) is 0 Å². The van der Waals surface area contributed by atoms with Crippen molar-refractivity contribution in [1.82, 2.24) is 0 Å². The van der Waals surface area contributed by atoms with Gasteiger partial charge in [-0.05, 0) is 51.8 Å². The lowest BCUT2D eigenvalue weighted by Crippen LogP contribution is -2.17. The van der Waals surface area contributed by atoms with E-state index >= 15 is 0 Å². The second kappa shape index (κ2) is 11.1. The minimum Gasteiger partial charge on any atom is -0.306 e. The Balaban J connectivity index is 4.69. The molecule has 0 aliphatic rings. The van der Waals surface area contributed by atoms with Gasteiger partial charge < -0.3 is 13.6 Å². The van der Waals surface area contributed by atoms with Crippen molar-refractivity contribution in [2.24, 2.45) is 0 Å². The van der Waals surface area contributed by atoms with Crippen molar-refractivity contribution in [2.45, 2.75) is 98.4 Å². The molecule has 0 rings (SSSR count). The topological polar surface area (TPSA) is 27.7 Å². The van der Waals surface area contributed by atoms with Gasteiger partial charge >= 0.3 is 6.72 Å². The predicted molar refractivity (Wildman–Crippen MR) is 90.7 cm³/mol. The molecule has 0 saturated carbocycles. The summed E-state index contributed by atoms with van der Waals surface area (Å²) in [6, 6.07) is 0. The van der Waals surface area contributed by atoms with Gasteiger partial charge in [-0.1, -0.05) is 40.0 Å². The zero-order chi connectivity index (χ0) is 15.6. The summed E-state index contributed by atoms with van der Waals surface area (Å²) in [4.78, 5) is 0. The molecule has 0 aliphatic heterocycles. The third-order valence-electron chi connectivity index (χ3n) is 3.01. The van der Waals surface area contributed by atoms with E-state index < -0.39 is 6.72 Å². The Morgan fingerprint density at radius 3 is 1.15 bits per heavy atom. The van der Waals surface area contributed by atoms with Gasteiger partial charge in [0.1, 0.15) is 0 Å². The molecule has 3 nitrogen and oxygen atoms in total. The van der Waals surface area contributed by atoms with Gasteiger partial charge in [0.2, 0.25) is 0 Å². The SMILES string of the molecule is CCCC(C)OP(=S)(OC(C)CCC)OC(C)CCC. The van der Waals surface area contributed by atoms with E-state index in [1.54, 1.807) is 0 Å². The summed E-state index contributed by atoms with van der Waals surface area (Å²) >= 11 is 5.62. The van der Waals surface area contributed by atoms with Gasteiger partial charge in [0, 0.05) is 0 Å². The maximum Gasteiger partial charge on any atom is 0.327 e. The zero-order valence-corrected chi connectivity index (χ0v) is 15.8. The Bertz CT molecular complexity index is 243. The predicted octanol–water partition coefficient (Wildman–Crippen LogP) is 5.83. The first-order valence-electron chi connectivity index (χ1n) is 8.02. The lowest BCUT2D eigenvalue weighted by atomic mass is 10.2. The largest absolute Gasteiger partial charge is 0.327 e. The minimum atomic E-state index is -2.64. The summed E-state index contributed by atoms with van der Waals surface area (Å²) in [5.41, 5.74) is 0. The van der Waals surface area contributed by atoms with Gasteiger partial charge in [-0.25, -0.2) is 0 Å². The molecule has 122 valence electrons. The van der Waals surface area contributed by atoms with Crippen molar-refractivity contribution in [3.05, 3.63) is 0 Å². The van der Waals surface area contributed by atoms with Crippen LogP contribution in [-0.2, 0) is 25.4 Å². The number of hydrogen-bond acceptors (Lipinski definition) is 4. The number of rotatable bonds is 12. The van der Waals surface area contributed by atoms with E-state index in [0.29, 0.717) is 0 Å². The second-order valence-corrected chi connectivity index (χ2v) is 8.43. The second-order valence-electron chi connectivity index (χ2n) is 5.56. The molecular formula is C15H33O3PS. The first-order valence-corrected chi connectivity index (χ1v) is 10.6. The van der Waals surface area contributed by atoms with Crippen LogP contribution in [0.2, 0.25) is 0 Å². The molecule has 0 amide bonds. The van der Waals surface area contributed by atoms with Crippen LogP contribution >= 0.6 is 6.72 Å². The van der Waals surface area contributed by atoms with Crippen molar-refractivity contribution in [1.29, 1.82) is 0 Å². The Kier molecular flexibility index (Phi) is 11.4. The fourth-order valence-electron chi connectivity index (χ4n) is 2.11. The maximum atomic E-state index is 5.99. The third-order valence-corrected chi connectivity index (χ3v) is 5.64. The summed E-state index contributed by atoms with van der Waals surface area (Å²) in [5, 5.41) is 0. The maximum absolute atomic E-state index is 5.99. The van der Waals surface area contributed by atoms with Crippen molar-refractivity contribution in [3.8, 4) is 0 Å². The molecule has 0 radical (unpaired) electrons. The summed E-state index contributed by atoms with van der Waals surface area (Å²) in [6.07, 6.45) is 6.44. The van der Waals surface area contributed by atoms with Gasteiger partial charge in [-0.3, -0.25) is 0 Å². The minimum absolute atomic E-state index is 0.0912. The fourth-order valence-corrected chi connectivity index (χ4v) is 5.22. The lowest BCUT2D eigenvalue weighted by Gasteiger charge is -2.30. The highest BCUT2D eigenvalue weighted by molar-refractivity contribution is 8.07. The van der Waals surface area contributed by atoms with E-state index in [0.717, 1.165) is 38.5 Å². The van der Waals surface area contributed by atoms with Crippen LogP contribution in [0, 0.1) is 0 Å². The van der Waals surface area contributed by atoms with Crippen molar-refractivity contribution >= 4 is 18.5 Å². The molecule has 5 heteroatoms. The van der Waals surface area contributed by atoms with E-state index in [-0.39, 0.29) is 18.3 Å². The van der Waals surface area contributed by atoms with Gasteiger partial charge in [0.15, 0.2) is 0 Å². The average molecular weight is 324 g/mol. The molecule has 0 aromatic rings.